The van der Waals surface area contributed by atoms with Gasteiger partial charge in [-0.2, -0.15) is 0 Å². The maximum Gasteiger partial charge on any atom is 0.472 e. The van der Waals surface area contributed by atoms with Crippen molar-refractivity contribution in [2.45, 2.75) is 367 Å². The summed E-state index contributed by atoms with van der Waals surface area (Å²) in [5, 5.41) is 10.6. The zero-order valence-corrected chi connectivity index (χ0v) is 62.8. The Morgan fingerprint density at radius 1 is 0.302 bits per heavy atom. The minimum absolute atomic E-state index is 0.0987. The molecule has 0 aromatic carbocycles. The SMILES string of the molecule is CC/C=C\C/C=C\C/C=C\CCCCCCCCCC(=O)OCC(COP(=O)(O)OCC(O)COP(=O)(O)OCC(COC(=O)CCCCCCC/C=C\C/C=C\CCC)OC(=O)CCCCCCCCCCCCCCC)OC(=O)CCCCCCCCCCCCCCC. The molecule has 560 valence electrons. The third-order valence-corrected chi connectivity index (χ3v) is 18.4. The highest BCUT2D eigenvalue weighted by molar-refractivity contribution is 7.47. The number of unbranched alkanes of at least 4 members (excludes halogenated alkanes) is 37. The van der Waals surface area contributed by atoms with E-state index in [0.29, 0.717) is 25.7 Å². The number of esters is 4. The summed E-state index contributed by atoms with van der Waals surface area (Å²) >= 11 is 0. The molecule has 5 atom stereocenters. The summed E-state index contributed by atoms with van der Waals surface area (Å²) < 4.78 is 68.5. The average molecular weight is 1400 g/mol. The van der Waals surface area contributed by atoms with E-state index < -0.39 is 97.5 Å². The Morgan fingerprint density at radius 2 is 0.562 bits per heavy atom. The molecular formula is C77H140O17P2. The molecule has 0 rings (SSSR count). The number of aliphatic hydroxyl groups is 1. The van der Waals surface area contributed by atoms with Gasteiger partial charge >= 0.3 is 39.5 Å². The van der Waals surface area contributed by atoms with E-state index in [2.05, 4.69) is 88.5 Å². The van der Waals surface area contributed by atoms with Gasteiger partial charge < -0.3 is 33.8 Å². The van der Waals surface area contributed by atoms with Crippen molar-refractivity contribution in [3.8, 4) is 0 Å². The molecule has 0 aliphatic rings. The van der Waals surface area contributed by atoms with E-state index in [4.69, 9.17) is 37.0 Å². The van der Waals surface area contributed by atoms with Gasteiger partial charge in [0.1, 0.15) is 19.3 Å². The molecule has 0 aliphatic heterocycles. The van der Waals surface area contributed by atoms with Crippen LogP contribution in [-0.4, -0.2) is 96.7 Å². The predicted octanol–water partition coefficient (Wildman–Crippen LogP) is 21.9. The van der Waals surface area contributed by atoms with E-state index in [1.807, 2.05) is 0 Å². The van der Waals surface area contributed by atoms with Crippen LogP contribution < -0.4 is 0 Å². The highest BCUT2D eigenvalue weighted by atomic mass is 31.2. The zero-order chi connectivity index (χ0) is 70.4. The standard InChI is InChI=1S/C77H140O17P2/c1-5-9-13-17-21-25-29-33-34-35-36-40-42-46-50-54-58-62-75(80)88-68-73(94-77(82)64-60-56-52-48-44-39-32-28-24-20-16-12-8-4)70-92-96(85,86)90-66-71(78)65-89-95(83,84)91-69-72(93-76(81)63-59-55-51-47-43-38-31-27-23-19-15-11-7-3)67-87-74(79)61-57-53-49-45-41-37-30-26-22-18-14-10-6-2/h9,13-14,18,21,25-26,30,33-34,71-73,78H,5-8,10-12,15-17,19-20,22-24,27-29,31-32,35-70H2,1-4H3,(H,83,84)(H,85,86)/b13-9-,18-14-,25-21-,30-26-,34-33-. The minimum Gasteiger partial charge on any atom is -0.462 e. The molecule has 0 radical (unpaired) electrons. The van der Waals surface area contributed by atoms with Crippen molar-refractivity contribution in [3.05, 3.63) is 60.8 Å². The summed E-state index contributed by atoms with van der Waals surface area (Å²) in [4.78, 5) is 72.8. The lowest BCUT2D eigenvalue weighted by Gasteiger charge is -2.21. The van der Waals surface area contributed by atoms with E-state index in [1.165, 1.54) is 103 Å². The highest BCUT2D eigenvalue weighted by Gasteiger charge is 2.30. The number of hydrogen-bond acceptors (Lipinski definition) is 15. The molecule has 0 saturated carbocycles. The lowest BCUT2D eigenvalue weighted by molar-refractivity contribution is -0.161. The van der Waals surface area contributed by atoms with Crippen LogP contribution in [-0.2, 0) is 65.4 Å². The van der Waals surface area contributed by atoms with Gasteiger partial charge in [-0.15, -0.1) is 0 Å². The van der Waals surface area contributed by atoms with Crippen LogP contribution in [0.3, 0.4) is 0 Å². The van der Waals surface area contributed by atoms with E-state index in [0.717, 1.165) is 167 Å². The fourth-order valence-corrected chi connectivity index (χ4v) is 12.2. The van der Waals surface area contributed by atoms with E-state index in [9.17, 15) is 43.2 Å². The Hall–Kier alpha value is -3.24. The fraction of sp³-hybridized carbons (Fsp3) is 0.818. The van der Waals surface area contributed by atoms with Crippen molar-refractivity contribution in [3.63, 3.8) is 0 Å². The van der Waals surface area contributed by atoms with E-state index in [-0.39, 0.29) is 25.7 Å². The second kappa shape index (κ2) is 70.2. The number of hydrogen-bond donors (Lipinski definition) is 3. The Kier molecular flexibility index (Phi) is 67.8. The first-order valence-electron chi connectivity index (χ1n) is 38.5. The summed E-state index contributed by atoms with van der Waals surface area (Å²) in [7, 11) is -9.93. The number of allylic oxidation sites excluding steroid dienone is 10. The third-order valence-electron chi connectivity index (χ3n) is 16.5. The van der Waals surface area contributed by atoms with Crippen molar-refractivity contribution in [2.75, 3.05) is 39.6 Å². The second-order valence-electron chi connectivity index (χ2n) is 25.9. The van der Waals surface area contributed by atoms with Crippen molar-refractivity contribution in [2.24, 2.45) is 0 Å². The molecule has 0 fully saturated rings. The second-order valence-corrected chi connectivity index (χ2v) is 28.8. The van der Waals surface area contributed by atoms with E-state index in [1.54, 1.807) is 0 Å². The van der Waals surface area contributed by atoms with Gasteiger partial charge in [0.15, 0.2) is 12.2 Å². The highest BCUT2D eigenvalue weighted by Crippen LogP contribution is 2.45. The summed E-state index contributed by atoms with van der Waals surface area (Å²) in [5.41, 5.74) is 0. The molecule has 0 bridgehead atoms. The topological polar surface area (TPSA) is 237 Å². The zero-order valence-electron chi connectivity index (χ0n) is 61.1. The third kappa shape index (κ3) is 69.2. The van der Waals surface area contributed by atoms with Crippen molar-refractivity contribution < 1.29 is 80.2 Å². The number of phosphoric ester groups is 2. The number of phosphoric acid groups is 2. The number of carbonyl (C=O) groups excluding carboxylic acids is 4. The smallest absolute Gasteiger partial charge is 0.462 e. The Labute approximate surface area is 584 Å². The quantitative estimate of drug-likeness (QED) is 0.0169. The molecule has 0 spiro atoms. The molecule has 0 saturated heterocycles. The summed E-state index contributed by atoms with van der Waals surface area (Å²) in [6.45, 7) is 4.73. The molecule has 3 N–H and O–H groups in total. The maximum absolute atomic E-state index is 13.1. The van der Waals surface area contributed by atoms with Crippen LogP contribution in [0, 0.1) is 0 Å². The van der Waals surface area contributed by atoms with Crippen LogP contribution in [0.1, 0.15) is 349 Å². The molecule has 0 aromatic rings. The summed E-state index contributed by atoms with van der Waals surface area (Å²) in [5.74, 6) is -2.17. The van der Waals surface area contributed by atoms with Crippen LogP contribution in [0.25, 0.3) is 0 Å². The van der Waals surface area contributed by atoms with Crippen LogP contribution in [0.5, 0.6) is 0 Å². The first kappa shape index (κ1) is 92.8. The van der Waals surface area contributed by atoms with Crippen LogP contribution >= 0.6 is 15.6 Å². The number of rotatable bonds is 73. The van der Waals surface area contributed by atoms with Gasteiger partial charge in [-0.1, -0.05) is 300 Å². The first-order chi connectivity index (χ1) is 46.7. The first-order valence-corrected chi connectivity index (χ1v) is 41.5. The van der Waals surface area contributed by atoms with Crippen molar-refractivity contribution in [1.29, 1.82) is 0 Å². The van der Waals surface area contributed by atoms with Crippen LogP contribution in [0.15, 0.2) is 60.8 Å². The molecule has 0 heterocycles. The largest absolute Gasteiger partial charge is 0.472 e. The molecule has 96 heavy (non-hydrogen) atoms. The number of carbonyl (C=O) groups is 4. The van der Waals surface area contributed by atoms with E-state index >= 15 is 0 Å². The van der Waals surface area contributed by atoms with Gasteiger partial charge in [0.2, 0.25) is 0 Å². The maximum atomic E-state index is 13.1. The number of ether oxygens (including phenoxy) is 4. The lowest BCUT2D eigenvalue weighted by atomic mass is 10.0. The molecule has 0 aromatic heterocycles. The molecular weight excluding hydrogens is 1260 g/mol. The Morgan fingerprint density at radius 3 is 0.875 bits per heavy atom. The minimum atomic E-state index is -4.97. The molecule has 0 amide bonds. The Bertz CT molecular complexity index is 2060. The van der Waals surface area contributed by atoms with Gasteiger partial charge in [0.05, 0.1) is 26.4 Å². The van der Waals surface area contributed by atoms with Crippen LogP contribution in [0.4, 0.5) is 0 Å². The monoisotopic (exact) mass is 1400 g/mol. The summed E-state index contributed by atoms with van der Waals surface area (Å²) in [6, 6.07) is 0. The average Bonchev–Trinajstić information content (AvgIpc) is 3.12. The fourth-order valence-electron chi connectivity index (χ4n) is 10.6. The van der Waals surface area contributed by atoms with Crippen molar-refractivity contribution in [1.82, 2.24) is 0 Å². The number of aliphatic hydroxyl groups excluding tert-OH is 1. The summed E-state index contributed by atoms with van der Waals surface area (Å²) in [6.07, 6.45) is 67.7. The molecule has 5 unspecified atom stereocenters. The molecule has 17 nitrogen and oxygen atoms in total. The van der Waals surface area contributed by atoms with Gasteiger partial charge in [-0.05, 0) is 83.5 Å². The van der Waals surface area contributed by atoms with Crippen molar-refractivity contribution >= 4 is 39.5 Å². The van der Waals surface area contributed by atoms with Gasteiger partial charge in [-0.3, -0.25) is 37.3 Å². The normalized spacial score (nSPS) is 14.3. The Balaban J connectivity index is 5.30. The van der Waals surface area contributed by atoms with Gasteiger partial charge in [0, 0.05) is 25.7 Å². The van der Waals surface area contributed by atoms with Crippen LogP contribution in [0.2, 0.25) is 0 Å². The predicted molar refractivity (Wildman–Crippen MR) is 390 cm³/mol. The van der Waals surface area contributed by atoms with Gasteiger partial charge in [-0.25, -0.2) is 9.13 Å². The molecule has 19 heteroatoms. The lowest BCUT2D eigenvalue weighted by Crippen LogP contribution is -2.30. The van der Waals surface area contributed by atoms with Gasteiger partial charge in [0.25, 0.3) is 0 Å². The molecule has 0 aliphatic carbocycles.